The molecule has 0 aliphatic carbocycles. The summed E-state index contributed by atoms with van der Waals surface area (Å²) >= 11 is 0. The predicted molar refractivity (Wildman–Crippen MR) is 85.9 cm³/mol. The van der Waals surface area contributed by atoms with E-state index in [4.69, 9.17) is 19.9 Å². The number of carbonyl (C=O) groups is 2. The van der Waals surface area contributed by atoms with E-state index >= 15 is 0 Å². The maximum Gasteiger partial charge on any atom is 0.303 e. The molecule has 11 heteroatoms. The highest BCUT2D eigenvalue weighted by atomic mass is 16.6. The highest BCUT2D eigenvalue weighted by Gasteiger charge is 2.53. The second-order valence-electron chi connectivity index (χ2n) is 6.33. The molecule has 0 saturated carbocycles. The molecule has 0 amide bonds. The Balaban J connectivity index is 1.72. The Bertz CT molecular complexity index is 965. The quantitative estimate of drug-likeness (QED) is 0.672. The van der Waals surface area contributed by atoms with Crippen LogP contribution in [0.3, 0.4) is 0 Å². The number of nitrogen functional groups attached to an aromatic ring is 1. The van der Waals surface area contributed by atoms with Gasteiger partial charge in [-0.3, -0.25) is 23.9 Å². The number of nitrogens with two attached hydrogens (primary N) is 1. The molecule has 1 fully saturated rings. The largest absolute Gasteiger partial charge is 0.463 e. The molecule has 0 spiro atoms. The van der Waals surface area contributed by atoms with E-state index in [1.165, 1.54) is 13.8 Å². The molecule has 4 atom stereocenters. The zero-order valence-electron chi connectivity index (χ0n) is 14.1. The van der Waals surface area contributed by atoms with Crippen LogP contribution in [0.2, 0.25) is 0 Å². The number of imidazole rings is 1. The van der Waals surface area contributed by atoms with Crippen molar-refractivity contribution in [3.63, 3.8) is 0 Å². The van der Waals surface area contributed by atoms with Gasteiger partial charge in [-0.2, -0.15) is 4.98 Å². The molecule has 2 aromatic rings. The van der Waals surface area contributed by atoms with Gasteiger partial charge in [-0.05, 0) is 0 Å². The van der Waals surface area contributed by atoms with Crippen LogP contribution in [0.5, 0.6) is 0 Å². The number of hydrogen-bond acceptors (Lipinski definition) is 9. The summed E-state index contributed by atoms with van der Waals surface area (Å²) in [7, 11) is 0. The highest BCUT2D eigenvalue weighted by Crippen LogP contribution is 2.45. The number of H-pyrrole nitrogens is 1. The molecule has 2 aromatic heterocycles. The van der Waals surface area contributed by atoms with Crippen LogP contribution < -0.4 is 11.3 Å². The van der Waals surface area contributed by atoms with Gasteiger partial charge in [0.25, 0.3) is 5.56 Å². The Kier molecular flexibility index (Phi) is 3.68. The van der Waals surface area contributed by atoms with Gasteiger partial charge in [0.2, 0.25) is 5.95 Å². The average Bonchev–Trinajstić information content (AvgIpc) is 3.15. The van der Waals surface area contributed by atoms with E-state index in [-0.39, 0.29) is 24.0 Å². The van der Waals surface area contributed by atoms with Crippen molar-refractivity contribution in [1.82, 2.24) is 19.5 Å². The lowest BCUT2D eigenvalue weighted by atomic mass is 9.98. The summed E-state index contributed by atoms with van der Waals surface area (Å²) in [5, 5.41) is 0. The topological polar surface area (TPSA) is 151 Å². The number of esters is 2. The van der Waals surface area contributed by atoms with Crippen LogP contribution in [0.4, 0.5) is 5.95 Å². The van der Waals surface area contributed by atoms with E-state index in [2.05, 4.69) is 15.0 Å². The van der Waals surface area contributed by atoms with Crippen molar-refractivity contribution in [2.24, 2.45) is 5.92 Å². The van der Waals surface area contributed by atoms with E-state index in [0.29, 0.717) is 17.9 Å². The van der Waals surface area contributed by atoms with E-state index in [9.17, 15) is 14.4 Å². The standard InChI is InChI=1S/C15H17N5O6/c1-5(21)24-4-8-11(25-6(2)22)7-3-9-17-10-12(20(9)14(7)26-8)18-15(16)19-13(10)23/h7-8,11,14H,3-4H2,1-2H3,(H3,16,18,19,23)/t7-,8+,11-,14+/m0/s1. The lowest BCUT2D eigenvalue weighted by Gasteiger charge is -2.20. The van der Waals surface area contributed by atoms with Gasteiger partial charge in [-0.15, -0.1) is 0 Å². The minimum atomic E-state index is -0.622. The number of ether oxygens (including phenoxy) is 3. The van der Waals surface area contributed by atoms with Gasteiger partial charge in [0.1, 0.15) is 30.9 Å². The zero-order chi connectivity index (χ0) is 18.6. The molecule has 0 bridgehead atoms. The van der Waals surface area contributed by atoms with Crippen molar-refractivity contribution in [3.05, 3.63) is 16.2 Å². The van der Waals surface area contributed by atoms with Gasteiger partial charge in [0.05, 0.1) is 5.92 Å². The number of nitrogens with one attached hydrogen (secondary N) is 1. The molecule has 3 N–H and O–H groups in total. The Hall–Kier alpha value is -2.95. The van der Waals surface area contributed by atoms with E-state index in [1.807, 2.05) is 0 Å². The lowest BCUT2D eigenvalue weighted by molar-refractivity contribution is -0.156. The third-order valence-corrected chi connectivity index (χ3v) is 4.54. The number of rotatable bonds is 3. The normalized spacial score (nSPS) is 26.5. The summed E-state index contributed by atoms with van der Waals surface area (Å²) in [6.45, 7) is 2.55. The SMILES string of the molecule is CC(=O)OC[C@H]1O[C@@H]2[C@@H](Cc3nc4c(=O)[nH]c(N)nc4n32)[C@@H]1OC(C)=O. The van der Waals surface area contributed by atoms with Crippen LogP contribution in [0.1, 0.15) is 25.9 Å². The molecule has 0 radical (unpaired) electrons. The first-order chi connectivity index (χ1) is 12.3. The monoisotopic (exact) mass is 363 g/mol. The fraction of sp³-hybridized carbons (Fsp3) is 0.533. The number of hydrogen-bond donors (Lipinski definition) is 2. The molecule has 4 heterocycles. The van der Waals surface area contributed by atoms with Crippen LogP contribution >= 0.6 is 0 Å². The van der Waals surface area contributed by atoms with E-state index in [1.54, 1.807) is 4.57 Å². The van der Waals surface area contributed by atoms with Gasteiger partial charge < -0.3 is 19.9 Å². The van der Waals surface area contributed by atoms with Crippen LogP contribution in [0.25, 0.3) is 11.2 Å². The Labute approximate surface area is 146 Å². The minimum absolute atomic E-state index is 0.0281. The van der Waals surface area contributed by atoms with Crippen LogP contribution in [-0.2, 0) is 30.2 Å². The van der Waals surface area contributed by atoms with Crippen molar-refractivity contribution < 1.29 is 23.8 Å². The summed E-state index contributed by atoms with van der Waals surface area (Å²) in [6.07, 6.45) is -1.35. The van der Waals surface area contributed by atoms with Gasteiger partial charge in [-0.25, -0.2) is 4.98 Å². The zero-order valence-corrected chi connectivity index (χ0v) is 14.1. The molecule has 1 saturated heterocycles. The summed E-state index contributed by atoms with van der Waals surface area (Å²) in [5.74, 6) is -0.572. The number of carbonyl (C=O) groups excluding carboxylic acids is 2. The fourth-order valence-corrected chi connectivity index (χ4v) is 3.62. The van der Waals surface area contributed by atoms with Gasteiger partial charge in [0, 0.05) is 20.3 Å². The van der Waals surface area contributed by atoms with Crippen molar-refractivity contribution >= 4 is 29.1 Å². The smallest absolute Gasteiger partial charge is 0.303 e. The molecule has 26 heavy (non-hydrogen) atoms. The Morgan fingerprint density at radius 2 is 2.12 bits per heavy atom. The molecular formula is C15H17N5O6. The van der Waals surface area contributed by atoms with Crippen LogP contribution in [-0.4, -0.2) is 50.3 Å². The number of aromatic amines is 1. The highest BCUT2D eigenvalue weighted by molar-refractivity contribution is 5.72. The molecule has 0 aromatic carbocycles. The summed E-state index contributed by atoms with van der Waals surface area (Å²) < 4.78 is 18.1. The number of aromatic nitrogens is 4. The fourth-order valence-electron chi connectivity index (χ4n) is 3.62. The van der Waals surface area contributed by atoms with Crippen molar-refractivity contribution in [1.29, 1.82) is 0 Å². The number of nitrogens with zero attached hydrogens (tertiary/aromatic N) is 3. The minimum Gasteiger partial charge on any atom is -0.463 e. The van der Waals surface area contributed by atoms with Crippen LogP contribution in [0.15, 0.2) is 4.79 Å². The van der Waals surface area contributed by atoms with E-state index in [0.717, 1.165) is 0 Å². The molecule has 138 valence electrons. The molecule has 11 nitrogen and oxygen atoms in total. The molecular weight excluding hydrogens is 346 g/mol. The van der Waals surface area contributed by atoms with Gasteiger partial charge in [0.15, 0.2) is 11.2 Å². The second-order valence-corrected chi connectivity index (χ2v) is 6.33. The van der Waals surface area contributed by atoms with E-state index < -0.39 is 35.9 Å². The summed E-state index contributed by atoms with van der Waals surface area (Å²) in [4.78, 5) is 45.5. The first-order valence-corrected chi connectivity index (χ1v) is 8.07. The predicted octanol–water partition coefficient (Wildman–Crippen LogP) is -0.734. The maximum absolute atomic E-state index is 12.0. The Morgan fingerprint density at radius 1 is 1.35 bits per heavy atom. The summed E-state index contributed by atoms with van der Waals surface area (Å²) in [6, 6.07) is 0. The van der Waals surface area contributed by atoms with Gasteiger partial charge in [-0.1, -0.05) is 0 Å². The third kappa shape index (κ3) is 2.51. The number of fused-ring (bicyclic) bond motifs is 5. The van der Waals surface area contributed by atoms with Crippen molar-refractivity contribution in [3.8, 4) is 0 Å². The first-order valence-electron chi connectivity index (χ1n) is 8.07. The second kappa shape index (κ2) is 5.80. The number of anilines is 1. The molecule has 0 unspecified atom stereocenters. The lowest BCUT2D eigenvalue weighted by Crippen LogP contribution is -2.35. The summed E-state index contributed by atoms with van der Waals surface area (Å²) in [5.41, 5.74) is 5.69. The van der Waals surface area contributed by atoms with Gasteiger partial charge >= 0.3 is 11.9 Å². The molecule has 2 aliphatic heterocycles. The van der Waals surface area contributed by atoms with Crippen molar-refractivity contribution in [2.45, 2.75) is 38.7 Å². The molecule has 2 aliphatic rings. The first kappa shape index (κ1) is 16.5. The molecule has 4 rings (SSSR count). The maximum atomic E-state index is 12.0. The van der Waals surface area contributed by atoms with Crippen molar-refractivity contribution in [2.75, 3.05) is 12.3 Å². The average molecular weight is 363 g/mol. The van der Waals surface area contributed by atoms with Crippen LogP contribution in [0, 0.1) is 5.92 Å². The Morgan fingerprint density at radius 3 is 2.81 bits per heavy atom. The third-order valence-electron chi connectivity index (χ3n) is 4.54.